The summed E-state index contributed by atoms with van der Waals surface area (Å²) in [6, 6.07) is 7.74. The summed E-state index contributed by atoms with van der Waals surface area (Å²) in [6.07, 6.45) is 13.8. The summed E-state index contributed by atoms with van der Waals surface area (Å²) in [5, 5.41) is 0. The molecule has 1 aliphatic rings. The Hall–Kier alpha value is -2.55. The van der Waals surface area contributed by atoms with Crippen molar-refractivity contribution in [3.63, 3.8) is 0 Å². The molecule has 3 rings (SSSR count). The second-order valence-electron chi connectivity index (χ2n) is 5.92. The first-order valence-corrected chi connectivity index (χ1v) is 8.02. The second-order valence-corrected chi connectivity index (χ2v) is 5.92. The van der Waals surface area contributed by atoms with E-state index in [-0.39, 0.29) is 5.78 Å². The number of pyridine rings is 2. The van der Waals surface area contributed by atoms with E-state index in [1.165, 1.54) is 0 Å². The summed E-state index contributed by atoms with van der Waals surface area (Å²) in [6.45, 7) is 2.18. The first-order valence-electron chi connectivity index (χ1n) is 8.02. The monoisotopic (exact) mass is 304 g/mol. The van der Waals surface area contributed by atoms with Crippen molar-refractivity contribution in [1.29, 1.82) is 0 Å². The van der Waals surface area contributed by atoms with E-state index in [0.29, 0.717) is 5.92 Å². The molecule has 0 spiro atoms. The van der Waals surface area contributed by atoms with Crippen LogP contribution in [0.1, 0.15) is 37.3 Å². The van der Waals surface area contributed by atoms with Gasteiger partial charge in [-0.2, -0.15) is 0 Å². The Balaban J connectivity index is 1.94. The minimum Gasteiger partial charge on any atom is -0.289 e. The Morgan fingerprint density at radius 2 is 1.52 bits per heavy atom. The third-order valence-corrected chi connectivity index (χ3v) is 4.23. The highest BCUT2D eigenvalue weighted by atomic mass is 16.1. The van der Waals surface area contributed by atoms with Gasteiger partial charge >= 0.3 is 0 Å². The highest BCUT2D eigenvalue weighted by Gasteiger charge is 2.26. The molecule has 1 unspecified atom stereocenters. The van der Waals surface area contributed by atoms with E-state index < -0.39 is 0 Å². The van der Waals surface area contributed by atoms with Crippen LogP contribution < -0.4 is 0 Å². The zero-order chi connectivity index (χ0) is 16.1. The summed E-state index contributed by atoms with van der Waals surface area (Å²) < 4.78 is 0. The number of carbonyl (C=O) groups is 1. The Labute approximate surface area is 136 Å². The van der Waals surface area contributed by atoms with E-state index >= 15 is 0 Å². The minimum absolute atomic E-state index is 0.155. The van der Waals surface area contributed by atoms with Gasteiger partial charge in [0.2, 0.25) is 0 Å². The summed E-state index contributed by atoms with van der Waals surface area (Å²) in [7, 11) is 0. The lowest BCUT2D eigenvalue weighted by Crippen LogP contribution is -2.19. The Bertz CT molecular complexity index is 671. The molecule has 0 radical (unpaired) electrons. The average molecular weight is 304 g/mol. The van der Waals surface area contributed by atoms with Gasteiger partial charge in [0.1, 0.15) is 0 Å². The van der Waals surface area contributed by atoms with Gasteiger partial charge in [-0.1, -0.05) is 25.5 Å². The van der Waals surface area contributed by atoms with Crippen LogP contribution in [0.3, 0.4) is 0 Å². The van der Waals surface area contributed by atoms with Crippen molar-refractivity contribution >= 4 is 17.9 Å². The molecule has 1 aliphatic carbocycles. The number of aromatic nitrogens is 2. The number of carbonyl (C=O) groups excluding carboxylic acids is 1. The van der Waals surface area contributed by atoms with Crippen molar-refractivity contribution in [1.82, 2.24) is 9.97 Å². The Morgan fingerprint density at radius 1 is 1.00 bits per heavy atom. The van der Waals surface area contributed by atoms with Gasteiger partial charge in [0.05, 0.1) is 0 Å². The number of hydrogen-bond acceptors (Lipinski definition) is 3. The molecular formula is C20H20N2O. The molecule has 2 aromatic heterocycles. The molecule has 23 heavy (non-hydrogen) atoms. The van der Waals surface area contributed by atoms with Crippen LogP contribution in [0, 0.1) is 5.92 Å². The van der Waals surface area contributed by atoms with E-state index in [4.69, 9.17) is 0 Å². The normalized spacial score (nSPS) is 21.8. The Kier molecular flexibility index (Phi) is 4.77. The maximum atomic E-state index is 12.8. The van der Waals surface area contributed by atoms with Gasteiger partial charge in [-0.25, -0.2) is 0 Å². The second kappa shape index (κ2) is 7.14. The lowest BCUT2D eigenvalue weighted by Gasteiger charge is -2.24. The molecule has 1 fully saturated rings. The number of hydrogen-bond donors (Lipinski definition) is 0. The van der Waals surface area contributed by atoms with Crippen LogP contribution in [0.5, 0.6) is 0 Å². The van der Waals surface area contributed by atoms with Crippen LogP contribution in [-0.2, 0) is 4.79 Å². The molecule has 0 N–H and O–H groups in total. The van der Waals surface area contributed by atoms with Gasteiger partial charge in [-0.05, 0) is 54.2 Å². The van der Waals surface area contributed by atoms with Gasteiger partial charge in [-0.3, -0.25) is 14.8 Å². The molecule has 0 bridgehead atoms. The van der Waals surface area contributed by atoms with Gasteiger partial charge < -0.3 is 0 Å². The average Bonchev–Trinajstić information content (AvgIpc) is 2.60. The fourth-order valence-electron chi connectivity index (χ4n) is 2.95. The molecule has 0 saturated heterocycles. The van der Waals surface area contributed by atoms with Crippen LogP contribution in [0.15, 0.2) is 60.2 Å². The smallest absolute Gasteiger partial charge is 0.185 e. The zero-order valence-corrected chi connectivity index (χ0v) is 13.3. The van der Waals surface area contributed by atoms with Crippen molar-refractivity contribution in [3.8, 4) is 0 Å². The molecule has 116 valence electrons. The van der Waals surface area contributed by atoms with Crippen LogP contribution in [0.4, 0.5) is 0 Å². The van der Waals surface area contributed by atoms with Crippen molar-refractivity contribution in [2.24, 2.45) is 5.92 Å². The summed E-state index contributed by atoms with van der Waals surface area (Å²) in [4.78, 5) is 21.1. The van der Waals surface area contributed by atoms with Crippen molar-refractivity contribution < 1.29 is 4.79 Å². The number of nitrogens with zero attached hydrogens (tertiary/aromatic N) is 2. The largest absolute Gasteiger partial charge is 0.289 e. The lowest BCUT2D eigenvalue weighted by atomic mass is 9.79. The predicted molar refractivity (Wildman–Crippen MR) is 92.5 cm³/mol. The summed E-state index contributed by atoms with van der Waals surface area (Å²) in [5.74, 6) is 0.668. The fourth-order valence-corrected chi connectivity index (χ4v) is 2.95. The maximum Gasteiger partial charge on any atom is 0.185 e. The summed E-state index contributed by atoms with van der Waals surface area (Å²) >= 11 is 0. The molecule has 1 atom stereocenters. The van der Waals surface area contributed by atoms with Crippen molar-refractivity contribution in [3.05, 3.63) is 71.3 Å². The van der Waals surface area contributed by atoms with E-state index in [1.54, 1.807) is 24.8 Å². The first kappa shape index (κ1) is 15.3. The first-order chi connectivity index (χ1) is 11.3. The third-order valence-electron chi connectivity index (χ3n) is 4.23. The molecular weight excluding hydrogens is 284 g/mol. The molecule has 1 saturated carbocycles. The highest BCUT2D eigenvalue weighted by molar-refractivity contribution is 6.14. The standard InChI is InChI=1S/C20H20N2O/c1-2-15-9-18(11-16-5-3-7-21-13-16)20(23)19(10-15)12-17-6-4-8-22-14-17/h3-8,11-15H,2,9-10H2,1H3/b18-11-,19-12+. The lowest BCUT2D eigenvalue weighted by molar-refractivity contribution is -0.113. The molecule has 2 aromatic rings. The van der Waals surface area contributed by atoms with Crippen molar-refractivity contribution in [2.75, 3.05) is 0 Å². The third kappa shape index (κ3) is 3.81. The number of ketones is 1. The van der Waals surface area contributed by atoms with Gasteiger partial charge in [0.25, 0.3) is 0 Å². The molecule has 3 nitrogen and oxygen atoms in total. The van der Waals surface area contributed by atoms with E-state index in [0.717, 1.165) is 41.5 Å². The quantitative estimate of drug-likeness (QED) is 0.793. The molecule has 0 aliphatic heterocycles. The zero-order valence-electron chi connectivity index (χ0n) is 13.3. The van der Waals surface area contributed by atoms with Gasteiger partial charge in [0, 0.05) is 35.9 Å². The maximum absolute atomic E-state index is 12.8. The molecule has 0 amide bonds. The minimum atomic E-state index is 0.155. The number of allylic oxidation sites excluding steroid dienone is 2. The predicted octanol–water partition coefficient (Wildman–Crippen LogP) is 4.33. The van der Waals surface area contributed by atoms with E-state index in [2.05, 4.69) is 16.9 Å². The van der Waals surface area contributed by atoms with E-state index in [1.807, 2.05) is 36.4 Å². The van der Waals surface area contributed by atoms with Crippen molar-refractivity contribution in [2.45, 2.75) is 26.2 Å². The Morgan fingerprint density at radius 3 is 1.91 bits per heavy atom. The molecule has 2 heterocycles. The SMILES string of the molecule is CCC1C/C(=C/c2cccnc2)C(=O)/C(=C/c2cccnc2)C1. The topological polar surface area (TPSA) is 42.9 Å². The van der Waals surface area contributed by atoms with Gasteiger partial charge in [0.15, 0.2) is 5.78 Å². The molecule has 0 aromatic carbocycles. The van der Waals surface area contributed by atoms with Crippen LogP contribution in [-0.4, -0.2) is 15.8 Å². The van der Waals surface area contributed by atoms with E-state index in [9.17, 15) is 4.79 Å². The van der Waals surface area contributed by atoms with Crippen LogP contribution >= 0.6 is 0 Å². The molecule has 3 heteroatoms. The van der Waals surface area contributed by atoms with Crippen LogP contribution in [0.2, 0.25) is 0 Å². The number of rotatable bonds is 3. The summed E-state index contributed by atoms with van der Waals surface area (Å²) in [5.41, 5.74) is 3.72. The fraction of sp³-hybridized carbons (Fsp3) is 0.250. The highest BCUT2D eigenvalue weighted by Crippen LogP contribution is 2.33. The van der Waals surface area contributed by atoms with Crippen LogP contribution in [0.25, 0.3) is 12.2 Å². The van der Waals surface area contributed by atoms with Gasteiger partial charge in [-0.15, -0.1) is 0 Å². The number of Topliss-reactive ketones (excluding diaryl/α,β-unsaturated/α-hetero) is 1.